The van der Waals surface area contributed by atoms with Crippen molar-refractivity contribution >= 4 is 5.78 Å². The van der Waals surface area contributed by atoms with Gasteiger partial charge in [-0.25, -0.2) is 0 Å². The molecule has 1 unspecified atom stereocenters. The highest BCUT2D eigenvalue weighted by Gasteiger charge is 2.43. The minimum absolute atomic E-state index is 0.116. The van der Waals surface area contributed by atoms with Gasteiger partial charge < -0.3 is 24.8 Å². The molecule has 0 saturated carbocycles. The highest BCUT2D eigenvalue weighted by Crippen LogP contribution is 2.50. The number of rotatable bonds is 2. The lowest BCUT2D eigenvalue weighted by molar-refractivity contribution is -0.148. The quantitative estimate of drug-likeness (QED) is 0.784. The van der Waals surface area contributed by atoms with Crippen molar-refractivity contribution in [1.82, 2.24) is 0 Å². The molecule has 6 heteroatoms. The molecule has 114 valence electrons. The van der Waals surface area contributed by atoms with Gasteiger partial charge in [0.15, 0.2) is 17.3 Å². The largest absolute Gasteiger partial charge is 0.507 e. The van der Waals surface area contributed by atoms with Crippen molar-refractivity contribution in [2.45, 2.75) is 12.2 Å². The summed E-state index contributed by atoms with van der Waals surface area (Å²) in [6.45, 7) is 0. The maximum Gasteiger partial charge on any atom is 0.242 e. The van der Waals surface area contributed by atoms with Crippen LogP contribution in [0.1, 0.15) is 22.3 Å². The van der Waals surface area contributed by atoms with Gasteiger partial charge in [-0.05, 0) is 0 Å². The van der Waals surface area contributed by atoms with Gasteiger partial charge in [0.2, 0.25) is 11.5 Å². The molecular weight excluding hydrogens is 288 g/mol. The number of hydrogen-bond acceptors (Lipinski definition) is 6. The third-order valence-corrected chi connectivity index (χ3v) is 3.57. The summed E-state index contributed by atoms with van der Waals surface area (Å²) in [6.07, 6.45) is -0.356. The first-order valence-corrected chi connectivity index (χ1v) is 6.59. The van der Waals surface area contributed by atoms with Gasteiger partial charge in [0, 0.05) is 11.6 Å². The Hall–Kier alpha value is -2.73. The first kappa shape index (κ1) is 14.2. The standard InChI is InChI=1S/C16H14O6/c1-21-14-11(18)7-10(17)13-12(19)8-16(20,22-15(13)14)9-5-3-2-4-6-9/h2-7,17-18,20H,8H2,1H3. The number of ether oxygens (including phenoxy) is 2. The van der Waals surface area contributed by atoms with E-state index in [0.717, 1.165) is 6.07 Å². The molecule has 0 amide bonds. The molecule has 22 heavy (non-hydrogen) atoms. The van der Waals surface area contributed by atoms with Crippen LogP contribution in [0.25, 0.3) is 0 Å². The molecular formula is C16H14O6. The van der Waals surface area contributed by atoms with Crippen LogP contribution in [0.2, 0.25) is 0 Å². The third-order valence-electron chi connectivity index (χ3n) is 3.57. The fourth-order valence-corrected chi connectivity index (χ4v) is 2.55. The van der Waals surface area contributed by atoms with Crippen LogP contribution < -0.4 is 9.47 Å². The molecule has 6 nitrogen and oxygen atoms in total. The zero-order chi connectivity index (χ0) is 15.9. The second kappa shape index (κ2) is 4.92. The Kier molecular flexibility index (Phi) is 3.18. The lowest BCUT2D eigenvalue weighted by atomic mass is 9.92. The number of fused-ring (bicyclic) bond motifs is 1. The number of phenols is 2. The molecule has 0 fully saturated rings. The Morgan fingerprint density at radius 1 is 1.18 bits per heavy atom. The summed E-state index contributed by atoms with van der Waals surface area (Å²) >= 11 is 0. The number of phenolic OH excluding ortho intramolecular Hbond substituents is 2. The molecule has 0 spiro atoms. The van der Waals surface area contributed by atoms with Crippen LogP contribution in [0, 0.1) is 0 Å². The summed E-state index contributed by atoms with van der Waals surface area (Å²) in [6, 6.07) is 9.41. The van der Waals surface area contributed by atoms with Gasteiger partial charge >= 0.3 is 0 Å². The predicted octanol–water partition coefficient (Wildman–Crippen LogP) is 1.92. The van der Waals surface area contributed by atoms with Crippen LogP contribution in [-0.2, 0) is 5.79 Å². The molecule has 0 bridgehead atoms. The normalized spacial score (nSPS) is 20.2. The monoisotopic (exact) mass is 302 g/mol. The van der Waals surface area contributed by atoms with E-state index in [4.69, 9.17) is 9.47 Å². The molecule has 1 heterocycles. The zero-order valence-electron chi connectivity index (χ0n) is 11.7. The number of benzene rings is 2. The minimum atomic E-state index is -1.89. The molecule has 1 atom stereocenters. The van der Waals surface area contributed by atoms with Crippen molar-refractivity contribution in [2.75, 3.05) is 7.11 Å². The summed E-state index contributed by atoms with van der Waals surface area (Å²) in [5.41, 5.74) is 0.272. The fourth-order valence-electron chi connectivity index (χ4n) is 2.55. The summed E-state index contributed by atoms with van der Waals surface area (Å²) < 4.78 is 10.6. The number of aromatic hydroxyl groups is 2. The summed E-state index contributed by atoms with van der Waals surface area (Å²) in [5, 5.41) is 30.4. The van der Waals surface area contributed by atoms with Crippen LogP contribution in [0.4, 0.5) is 0 Å². The second-order valence-electron chi connectivity index (χ2n) is 5.00. The Labute approximate surface area is 126 Å². The Morgan fingerprint density at radius 2 is 1.86 bits per heavy atom. The molecule has 2 aromatic carbocycles. The van der Waals surface area contributed by atoms with Crippen LogP contribution in [0.5, 0.6) is 23.0 Å². The highest BCUT2D eigenvalue weighted by atomic mass is 16.6. The van der Waals surface area contributed by atoms with E-state index in [1.54, 1.807) is 30.3 Å². The predicted molar refractivity (Wildman–Crippen MR) is 76.2 cm³/mol. The van der Waals surface area contributed by atoms with Crippen LogP contribution in [0.15, 0.2) is 36.4 Å². The second-order valence-corrected chi connectivity index (χ2v) is 5.00. The minimum Gasteiger partial charge on any atom is -0.507 e. The summed E-state index contributed by atoms with van der Waals surface area (Å²) in [4.78, 5) is 12.3. The Morgan fingerprint density at radius 3 is 2.50 bits per heavy atom. The van der Waals surface area contributed by atoms with Crippen molar-refractivity contribution in [3.05, 3.63) is 47.5 Å². The van der Waals surface area contributed by atoms with E-state index >= 15 is 0 Å². The number of hydrogen-bond donors (Lipinski definition) is 3. The number of carbonyl (C=O) groups excluding carboxylic acids is 1. The van der Waals surface area contributed by atoms with Gasteiger partial charge in [0.25, 0.3) is 0 Å². The smallest absolute Gasteiger partial charge is 0.242 e. The van der Waals surface area contributed by atoms with Gasteiger partial charge in [-0.1, -0.05) is 30.3 Å². The Balaban J connectivity index is 2.18. The van der Waals surface area contributed by atoms with E-state index in [1.807, 2.05) is 0 Å². The number of aliphatic hydroxyl groups is 1. The fraction of sp³-hybridized carbons (Fsp3) is 0.188. The van der Waals surface area contributed by atoms with Crippen molar-refractivity contribution in [1.29, 1.82) is 0 Å². The van der Waals surface area contributed by atoms with Crippen molar-refractivity contribution < 1.29 is 29.6 Å². The number of carbonyl (C=O) groups is 1. The van der Waals surface area contributed by atoms with Crippen molar-refractivity contribution in [3.8, 4) is 23.0 Å². The molecule has 0 radical (unpaired) electrons. The van der Waals surface area contributed by atoms with Crippen molar-refractivity contribution in [3.63, 3.8) is 0 Å². The van der Waals surface area contributed by atoms with Gasteiger partial charge in [0.05, 0.1) is 13.5 Å². The maximum absolute atomic E-state index is 12.3. The topological polar surface area (TPSA) is 96.2 Å². The third kappa shape index (κ3) is 2.05. The van der Waals surface area contributed by atoms with E-state index < -0.39 is 17.3 Å². The van der Waals surface area contributed by atoms with E-state index in [0.29, 0.717) is 5.56 Å². The van der Waals surface area contributed by atoms with Gasteiger partial charge in [-0.2, -0.15) is 0 Å². The van der Waals surface area contributed by atoms with E-state index in [1.165, 1.54) is 7.11 Å². The maximum atomic E-state index is 12.3. The molecule has 3 N–H and O–H groups in total. The summed E-state index contributed by atoms with van der Waals surface area (Å²) in [7, 11) is 1.29. The molecule has 2 aromatic rings. The van der Waals surface area contributed by atoms with Gasteiger partial charge in [-0.15, -0.1) is 0 Å². The number of methoxy groups -OCH3 is 1. The molecule has 0 aromatic heterocycles. The number of ketones is 1. The molecule has 0 aliphatic carbocycles. The Bertz CT molecular complexity index is 740. The van der Waals surface area contributed by atoms with E-state index in [-0.39, 0.29) is 29.2 Å². The molecule has 1 aliphatic rings. The average molecular weight is 302 g/mol. The van der Waals surface area contributed by atoms with Gasteiger partial charge in [-0.3, -0.25) is 4.79 Å². The SMILES string of the molecule is COc1c(O)cc(O)c2c1OC(O)(c1ccccc1)CC2=O. The molecule has 3 rings (SSSR count). The summed E-state index contributed by atoms with van der Waals surface area (Å²) in [5.74, 6) is -3.50. The lowest BCUT2D eigenvalue weighted by Crippen LogP contribution is -2.39. The van der Waals surface area contributed by atoms with Crippen molar-refractivity contribution in [2.24, 2.45) is 0 Å². The first-order valence-electron chi connectivity index (χ1n) is 6.59. The molecule has 0 saturated heterocycles. The zero-order valence-corrected chi connectivity index (χ0v) is 11.7. The molecule has 1 aliphatic heterocycles. The van der Waals surface area contributed by atoms with E-state index in [9.17, 15) is 20.1 Å². The van der Waals surface area contributed by atoms with Gasteiger partial charge in [0.1, 0.15) is 11.3 Å². The highest BCUT2D eigenvalue weighted by molar-refractivity contribution is 6.04. The number of Topliss-reactive ketones (excluding diaryl/α,β-unsaturated/α-hetero) is 1. The average Bonchev–Trinajstić information content (AvgIpc) is 2.47. The van der Waals surface area contributed by atoms with Crippen LogP contribution in [0.3, 0.4) is 0 Å². The van der Waals surface area contributed by atoms with Crippen LogP contribution >= 0.6 is 0 Å². The van der Waals surface area contributed by atoms with E-state index in [2.05, 4.69) is 0 Å². The van der Waals surface area contributed by atoms with Crippen LogP contribution in [-0.4, -0.2) is 28.2 Å². The lowest BCUT2D eigenvalue weighted by Gasteiger charge is -2.34. The first-order chi connectivity index (χ1) is 10.5.